The van der Waals surface area contributed by atoms with Gasteiger partial charge >= 0.3 is 0 Å². The fourth-order valence-corrected chi connectivity index (χ4v) is 2.84. The number of methoxy groups -OCH3 is 1. The van der Waals surface area contributed by atoms with E-state index in [0.717, 1.165) is 19.5 Å². The van der Waals surface area contributed by atoms with Gasteiger partial charge in [0.15, 0.2) is 0 Å². The zero-order chi connectivity index (χ0) is 14.0. The Morgan fingerprint density at radius 1 is 1.32 bits per heavy atom. The minimum absolute atomic E-state index is 0.0738. The van der Waals surface area contributed by atoms with E-state index in [9.17, 15) is 9.18 Å². The standard InChI is InChI=1S/C15H20FNO2/c1-10-6-11(2)9-17(8-10)15(18)13-5-4-12(16)7-14(13)19-3/h4-5,7,10-11H,6,8-9H2,1-3H3. The molecule has 1 heterocycles. The lowest BCUT2D eigenvalue weighted by molar-refractivity contribution is 0.0619. The summed E-state index contributed by atoms with van der Waals surface area (Å²) in [6.07, 6.45) is 1.14. The van der Waals surface area contributed by atoms with Crippen molar-refractivity contribution in [2.45, 2.75) is 20.3 Å². The summed E-state index contributed by atoms with van der Waals surface area (Å²) in [6, 6.07) is 4.05. The van der Waals surface area contributed by atoms with Gasteiger partial charge in [0.25, 0.3) is 5.91 Å². The van der Waals surface area contributed by atoms with Crippen molar-refractivity contribution in [1.29, 1.82) is 0 Å². The predicted molar refractivity (Wildman–Crippen MR) is 71.8 cm³/mol. The van der Waals surface area contributed by atoms with Crippen molar-refractivity contribution in [3.05, 3.63) is 29.6 Å². The van der Waals surface area contributed by atoms with E-state index in [2.05, 4.69) is 13.8 Å². The van der Waals surface area contributed by atoms with Crippen molar-refractivity contribution in [3.63, 3.8) is 0 Å². The average Bonchev–Trinajstić information content (AvgIpc) is 2.36. The molecule has 1 aliphatic heterocycles. The van der Waals surface area contributed by atoms with Crippen molar-refractivity contribution in [3.8, 4) is 5.75 Å². The monoisotopic (exact) mass is 265 g/mol. The third kappa shape index (κ3) is 3.06. The quantitative estimate of drug-likeness (QED) is 0.822. The van der Waals surface area contributed by atoms with Crippen LogP contribution in [0.2, 0.25) is 0 Å². The van der Waals surface area contributed by atoms with E-state index < -0.39 is 5.82 Å². The lowest BCUT2D eigenvalue weighted by Gasteiger charge is -2.35. The lowest BCUT2D eigenvalue weighted by Crippen LogP contribution is -2.42. The molecule has 0 aliphatic carbocycles. The highest BCUT2D eigenvalue weighted by Gasteiger charge is 2.27. The van der Waals surface area contributed by atoms with Gasteiger partial charge in [-0.05, 0) is 30.4 Å². The van der Waals surface area contributed by atoms with Gasteiger partial charge in [-0.25, -0.2) is 4.39 Å². The molecule has 0 N–H and O–H groups in total. The number of piperidine rings is 1. The van der Waals surface area contributed by atoms with Crippen molar-refractivity contribution in [2.75, 3.05) is 20.2 Å². The lowest BCUT2D eigenvalue weighted by atomic mass is 9.91. The first kappa shape index (κ1) is 13.8. The molecule has 0 spiro atoms. The summed E-state index contributed by atoms with van der Waals surface area (Å²) in [6.45, 7) is 5.81. The van der Waals surface area contributed by atoms with Crippen LogP contribution in [0.5, 0.6) is 5.75 Å². The number of carbonyl (C=O) groups excluding carboxylic acids is 1. The number of rotatable bonds is 2. The van der Waals surface area contributed by atoms with E-state index in [4.69, 9.17) is 4.74 Å². The molecular formula is C15H20FNO2. The zero-order valence-corrected chi connectivity index (χ0v) is 11.6. The number of benzene rings is 1. The van der Waals surface area contributed by atoms with E-state index in [1.54, 1.807) is 0 Å². The third-order valence-electron chi connectivity index (χ3n) is 3.55. The normalized spacial score (nSPS) is 23.3. The van der Waals surface area contributed by atoms with E-state index in [-0.39, 0.29) is 5.91 Å². The van der Waals surface area contributed by atoms with Crippen LogP contribution in [0.4, 0.5) is 4.39 Å². The number of likely N-dealkylation sites (tertiary alicyclic amines) is 1. The molecule has 0 radical (unpaired) electrons. The molecule has 1 aromatic rings. The minimum Gasteiger partial charge on any atom is -0.496 e. The van der Waals surface area contributed by atoms with Crippen molar-refractivity contribution < 1.29 is 13.9 Å². The maximum atomic E-state index is 13.2. The number of hydrogen-bond donors (Lipinski definition) is 0. The summed E-state index contributed by atoms with van der Waals surface area (Å²) < 4.78 is 18.3. The zero-order valence-electron chi connectivity index (χ0n) is 11.6. The maximum absolute atomic E-state index is 13.2. The summed E-state index contributed by atoms with van der Waals surface area (Å²) >= 11 is 0. The van der Waals surface area contributed by atoms with Crippen molar-refractivity contribution in [1.82, 2.24) is 4.90 Å². The van der Waals surface area contributed by atoms with Gasteiger partial charge < -0.3 is 9.64 Å². The van der Waals surface area contributed by atoms with Gasteiger partial charge in [0.05, 0.1) is 12.7 Å². The van der Waals surface area contributed by atoms with Crippen LogP contribution in [0.25, 0.3) is 0 Å². The van der Waals surface area contributed by atoms with E-state index in [1.165, 1.54) is 25.3 Å². The Bertz CT molecular complexity index is 465. The Kier molecular flexibility index (Phi) is 4.08. The minimum atomic E-state index is -0.395. The second-order valence-corrected chi connectivity index (χ2v) is 5.50. The summed E-state index contributed by atoms with van der Waals surface area (Å²) in [4.78, 5) is 14.3. The molecule has 104 valence electrons. The van der Waals surface area contributed by atoms with Crippen LogP contribution < -0.4 is 4.74 Å². The largest absolute Gasteiger partial charge is 0.496 e. The van der Waals surface area contributed by atoms with Gasteiger partial charge in [0.2, 0.25) is 0 Å². The summed E-state index contributed by atoms with van der Waals surface area (Å²) in [5, 5.41) is 0. The number of carbonyl (C=O) groups is 1. The molecule has 4 heteroatoms. The van der Waals surface area contributed by atoms with Crippen LogP contribution in [0, 0.1) is 17.7 Å². The third-order valence-corrected chi connectivity index (χ3v) is 3.55. The van der Waals surface area contributed by atoms with E-state index >= 15 is 0 Å². The molecule has 0 saturated carbocycles. The molecule has 19 heavy (non-hydrogen) atoms. The fourth-order valence-electron chi connectivity index (χ4n) is 2.84. The second-order valence-electron chi connectivity index (χ2n) is 5.50. The molecule has 3 nitrogen and oxygen atoms in total. The summed E-state index contributed by atoms with van der Waals surface area (Å²) in [7, 11) is 1.45. The Labute approximate surface area is 113 Å². The van der Waals surface area contributed by atoms with Crippen LogP contribution >= 0.6 is 0 Å². The number of hydrogen-bond acceptors (Lipinski definition) is 2. The molecule has 1 saturated heterocycles. The number of nitrogens with zero attached hydrogens (tertiary/aromatic N) is 1. The van der Waals surface area contributed by atoms with Gasteiger partial charge in [-0.3, -0.25) is 4.79 Å². The van der Waals surface area contributed by atoms with Gasteiger partial charge in [0.1, 0.15) is 11.6 Å². The SMILES string of the molecule is COc1cc(F)ccc1C(=O)N1CC(C)CC(C)C1. The Morgan fingerprint density at radius 3 is 2.53 bits per heavy atom. The second kappa shape index (κ2) is 5.59. The number of ether oxygens (including phenoxy) is 1. The Morgan fingerprint density at radius 2 is 1.95 bits per heavy atom. The highest BCUT2D eigenvalue weighted by molar-refractivity contribution is 5.97. The molecule has 2 rings (SSSR count). The van der Waals surface area contributed by atoms with Gasteiger partial charge in [-0.15, -0.1) is 0 Å². The number of amides is 1. The summed E-state index contributed by atoms with van der Waals surface area (Å²) in [5.74, 6) is 0.832. The number of halogens is 1. The first-order valence-electron chi connectivity index (χ1n) is 6.64. The first-order chi connectivity index (χ1) is 9.01. The van der Waals surface area contributed by atoms with Crippen molar-refractivity contribution >= 4 is 5.91 Å². The molecule has 1 aromatic carbocycles. The van der Waals surface area contributed by atoms with Crippen LogP contribution in [0.3, 0.4) is 0 Å². The molecule has 0 bridgehead atoms. The van der Waals surface area contributed by atoms with E-state index in [0.29, 0.717) is 23.1 Å². The van der Waals surface area contributed by atoms with E-state index in [1.807, 2.05) is 4.90 Å². The predicted octanol–water partition coefficient (Wildman–Crippen LogP) is 2.95. The highest BCUT2D eigenvalue weighted by Crippen LogP contribution is 2.26. The summed E-state index contributed by atoms with van der Waals surface area (Å²) in [5.41, 5.74) is 0.435. The Hall–Kier alpha value is -1.58. The van der Waals surface area contributed by atoms with Crippen LogP contribution in [0.1, 0.15) is 30.6 Å². The topological polar surface area (TPSA) is 29.5 Å². The van der Waals surface area contributed by atoms with Gasteiger partial charge in [-0.2, -0.15) is 0 Å². The molecule has 1 aliphatic rings. The molecule has 1 fully saturated rings. The fraction of sp³-hybridized carbons (Fsp3) is 0.533. The average molecular weight is 265 g/mol. The molecule has 0 aromatic heterocycles. The molecule has 2 unspecified atom stereocenters. The highest BCUT2D eigenvalue weighted by atomic mass is 19.1. The molecular weight excluding hydrogens is 245 g/mol. The van der Waals surface area contributed by atoms with Crippen molar-refractivity contribution in [2.24, 2.45) is 11.8 Å². The van der Waals surface area contributed by atoms with Gasteiger partial charge in [0, 0.05) is 19.2 Å². The van der Waals surface area contributed by atoms with Crippen LogP contribution in [-0.2, 0) is 0 Å². The first-order valence-corrected chi connectivity index (χ1v) is 6.64. The Balaban J connectivity index is 2.24. The van der Waals surface area contributed by atoms with Gasteiger partial charge in [-0.1, -0.05) is 13.8 Å². The maximum Gasteiger partial charge on any atom is 0.257 e. The molecule has 2 atom stereocenters. The van der Waals surface area contributed by atoms with Crippen LogP contribution in [0.15, 0.2) is 18.2 Å². The molecule has 1 amide bonds. The smallest absolute Gasteiger partial charge is 0.257 e. The van der Waals surface area contributed by atoms with Crippen LogP contribution in [-0.4, -0.2) is 31.0 Å².